The highest BCUT2D eigenvalue weighted by Crippen LogP contribution is 2.22. The fraction of sp³-hybridized carbons (Fsp3) is 0.364. The minimum Gasteiger partial charge on any atom is -0.452 e. The average molecular weight is 449 g/mol. The molecule has 1 fully saturated rings. The summed E-state index contributed by atoms with van der Waals surface area (Å²) in [5.41, 5.74) is 0.167. The number of hydrogen-bond donors (Lipinski definition) is 1. The molecule has 0 radical (unpaired) electrons. The lowest BCUT2D eigenvalue weighted by molar-refractivity contribution is -0.135. The van der Waals surface area contributed by atoms with Gasteiger partial charge >= 0.3 is 5.97 Å². The van der Waals surface area contributed by atoms with E-state index >= 15 is 0 Å². The predicted octanol–water partition coefficient (Wildman–Crippen LogP) is 3.35. The molecule has 1 aliphatic heterocycles. The number of esters is 1. The molecule has 2 aromatic carbocycles. The van der Waals surface area contributed by atoms with Crippen LogP contribution in [0.1, 0.15) is 35.7 Å². The van der Waals surface area contributed by atoms with Crippen molar-refractivity contribution in [2.45, 2.75) is 31.6 Å². The molecule has 166 valence electrons. The van der Waals surface area contributed by atoms with Gasteiger partial charge in [0.15, 0.2) is 6.61 Å². The van der Waals surface area contributed by atoms with E-state index in [1.54, 1.807) is 17.0 Å². The molecule has 9 heteroatoms. The Kier molecular flexibility index (Phi) is 6.94. The SMILES string of the molecule is Cc1cc(S(=O)(=O)Nc2ccccc2C(=O)OCC(=O)N2CCC(C)CC2)ccc1F. The van der Waals surface area contributed by atoms with E-state index in [0.29, 0.717) is 19.0 Å². The van der Waals surface area contributed by atoms with Crippen molar-refractivity contribution in [3.8, 4) is 0 Å². The molecule has 0 aliphatic carbocycles. The zero-order valence-corrected chi connectivity index (χ0v) is 18.2. The molecular formula is C22H25FN2O5S. The Bertz CT molecular complexity index is 1080. The van der Waals surface area contributed by atoms with E-state index in [9.17, 15) is 22.4 Å². The number of para-hydroxylation sites is 1. The highest BCUT2D eigenvalue weighted by atomic mass is 32.2. The number of anilines is 1. The number of nitrogens with one attached hydrogen (secondary N) is 1. The molecule has 0 aromatic heterocycles. The number of likely N-dealkylation sites (tertiary alicyclic amines) is 1. The van der Waals surface area contributed by atoms with Gasteiger partial charge in [0.05, 0.1) is 16.1 Å². The van der Waals surface area contributed by atoms with Crippen molar-refractivity contribution in [3.63, 3.8) is 0 Å². The maximum atomic E-state index is 13.5. The van der Waals surface area contributed by atoms with Gasteiger partial charge in [0.25, 0.3) is 15.9 Å². The van der Waals surface area contributed by atoms with E-state index in [1.165, 1.54) is 25.1 Å². The van der Waals surface area contributed by atoms with Crippen LogP contribution in [0.3, 0.4) is 0 Å². The van der Waals surface area contributed by atoms with Crippen LogP contribution in [-0.4, -0.2) is 44.9 Å². The van der Waals surface area contributed by atoms with Gasteiger partial charge in [-0.05, 0) is 61.6 Å². The summed E-state index contributed by atoms with van der Waals surface area (Å²) in [6, 6.07) is 9.36. The third-order valence-corrected chi connectivity index (χ3v) is 6.66. The van der Waals surface area contributed by atoms with Crippen LogP contribution in [0.2, 0.25) is 0 Å². The summed E-state index contributed by atoms with van der Waals surface area (Å²) in [5.74, 6) is -1.04. The molecule has 0 atom stereocenters. The van der Waals surface area contributed by atoms with Crippen LogP contribution in [0.25, 0.3) is 0 Å². The second-order valence-electron chi connectivity index (χ2n) is 7.70. The number of aryl methyl sites for hydroxylation is 1. The molecule has 3 rings (SSSR count). The zero-order valence-electron chi connectivity index (χ0n) is 17.4. The van der Waals surface area contributed by atoms with Crippen molar-refractivity contribution in [3.05, 3.63) is 59.4 Å². The molecule has 0 saturated carbocycles. The average Bonchev–Trinajstić information content (AvgIpc) is 2.74. The third-order valence-electron chi connectivity index (χ3n) is 5.29. The van der Waals surface area contributed by atoms with Crippen LogP contribution < -0.4 is 4.72 Å². The molecule has 1 N–H and O–H groups in total. The minimum atomic E-state index is -4.06. The fourth-order valence-electron chi connectivity index (χ4n) is 3.29. The normalized spacial score (nSPS) is 14.9. The van der Waals surface area contributed by atoms with Crippen molar-refractivity contribution in [2.75, 3.05) is 24.4 Å². The zero-order chi connectivity index (χ0) is 22.6. The van der Waals surface area contributed by atoms with E-state index in [2.05, 4.69) is 11.6 Å². The van der Waals surface area contributed by atoms with Crippen LogP contribution in [0.5, 0.6) is 0 Å². The molecule has 0 spiro atoms. The van der Waals surface area contributed by atoms with Gasteiger partial charge in [-0.15, -0.1) is 0 Å². The summed E-state index contributed by atoms with van der Waals surface area (Å²) in [5, 5.41) is 0. The third kappa shape index (κ3) is 5.61. The largest absolute Gasteiger partial charge is 0.452 e. The number of piperidine rings is 1. The summed E-state index contributed by atoms with van der Waals surface area (Å²) < 4.78 is 46.4. The number of nitrogens with zero attached hydrogens (tertiary/aromatic N) is 1. The maximum absolute atomic E-state index is 13.5. The Balaban J connectivity index is 1.70. The Morgan fingerprint density at radius 3 is 2.52 bits per heavy atom. The number of carbonyl (C=O) groups is 2. The molecule has 2 aromatic rings. The second-order valence-corrected chi connectivity index (χ2v) is 9.38. The molecule has 0 bridgehead atoms. The second kappa shape index (κ2) is 9.47. The van der Waals surface area contributed by atoms with Crippen molar-refractivity contribution in [1.29, 1.82) is 0 Å². The maximum Gasteiger partial charge on any atom is 0.340 e. The van der Waals surface area contributed by atoms with Gasteiger partial charge in [0.1, 0.15) is 5.82 Å². The number of ether oxygens (including phenoxy) is 1. The van der Waals surface area contributed by atoms with E-state index in [-0.39, 0.29) is 27.6 Å². The van der Waals surface area contributed by atoms with Crippen molar-refractivity contribution < 1.29 is 27.1 Å². The van der Waals surface area contributed by atoms with Gasteiger partial charge in [-0.3, -0.25) is 9.52 Å². The minimum absolute atomic E-state index is 0.00808. The first-order valence-electron chi connectivity index (χ1n) is 10.0. The number of amides is 1. The highest BCUT2D eigenvalue weighted by Gasteiger charge is 2.23. The predicted molar refractivity (Wildman–Crippen MR) is 114 cm³/mol. The monoisotopic (exact) mass is 448 g/mol. The number of benzene rings is 2. The van der Waals surface area contributed by atoms with Gasteiger partial charge in [-0.2, -0.15) is 0 Å². The van der Waals surface area contributed by atoms with Crippen LogP contribution >= 0.6 is 0 Å². The number of halogens is 1. The van der Waals surface area contributed by atoms with Crippen molar-refractivity contribution in [2.24, 2.45) is 5.92 Å². The Morgan fingerprint density at radius 2 is 1.84 bits per heavy atom. The molecule has 31 heavy (non-hydrogen) atoms. The van der Waals surface area contributed by atoms with Crippen LogP contribution in [0.15, 0.2) is 47.4 Å². The topological polar surface area (TPSA) is 92.8 Å². The number of sulfonamides is 1. The number of rotatable bonds is 6. The van der Waals surface area contributed by atoms with E-state index in [0.717, 1.165) is 25.0 Å². The summed E-state index contributed by atoms with van der Waals surface area (Å²) in [6.45, 7) is 4.44. The molecular weight excluding hydrogens is 423 g/mol. The fourth-order valence-corrected chi connectivity index (χ4v) is 4.46. The van der Waals surface area contributed by atoms with Crippen LogP contribution in [0.4, 0.5) is 10.1 Å². The van der Waals surface area contributed by atoms with Gasteiger partial charge in [-0.25, -0.2) is 17.6 Å². The standard InChI is InChI=1S/C22H25FN2O5S/c1-15-9-11-25(12-10-15)21(26)14-30-22(27)18-5-3-4-6-20(18)24-31(28,29)17-7-8-19(23)16(2)13-17/h3-8,13,15,24H,9-12,14H2,1-2H3. The van der Waals surface area contributed by atoms with Crippen molar-refractivity contribution in [1.82, 2.24) is 4.90 Å². The smallest absolute Gasteiger partial charge is 0.340 e. The molecule has 7 nitrogen and oxygen atoms in total. The summed E-state index contributed by atoms with van der Waals surface area (Å²) in [4.78, 5) is 26.4. The highest BCUT2D eigenvalue weighted by molar-refractivity contribution is 7.92. The van der Waals surface area contributed by atoms with E-state index < -0.39 is 28.4 Å². The van der Waals surface area contributed by atoms with Gasteiger partial charge < -0.3 is 9.64 Å². The van der Waals surface area contributed by atoms with E-state index in [1.807, 2.05) is 0 Å². The lowest BCUT2D eigenvalue weighted by Gasteiger charge is -2.30. The molecule has 1 amide bonds. The summed E-state index contributed by atoms with van der Waals surface area (Å²) in [7, 11) is -4.06. The Hall–Kier alpha value is -2.94. The Labute approximate surface area is 181 Å². The van der Waals surface area contributed by atoms with Gasteiger partial charge in [0, 0.05) is 13.1 Å². The first kappa shape index (κ1) is 22.7. The number of carbonyl (C=O) groups excluding carboxylic acids is 2. The summed E-state index contributed by atoms with van der Waals surface area (Å²) >= 11 is 0. The molecule has 1 aliphatic rings. The van der Waals surface area contributed by atoms with Crippen molar-refractivity contribution >= 4 is 27.6 Å². The molecule has 1 saturated heterocycles. The number of hydrogen-bond acceptors (Lipinski definition) is 5. The summed E-state index contributed by atoms with van der Waals surface area (Å²) in [6.07, 6.45) is 1.82. The van der Waals surface area contributed by atoms with Gasteiger partial charge in [0.2, 0.25) is 0 Å². The lowest BCUT2D eigenvalue weighted by atomic mass is 9.99. The first-order chi connectivity index (χ1) is 14.7. The molecule has 0 unspecified atom stereocenters. The Morgan fingerprint density at radius 1 is 1.16 bits per heavy atom. The quantitative estimate of drug-likeness (QED) is 0.684. The van der Waals surface area contributed by atoms with Crippen LogP contribution in [0, 0.1) is 18.7 Å². The molecule has 1 heterocycles. The first-order valence-corrected chi connectivity index (χ1v) is 11.5. The van der Waals surface area contributed by atoms with Gasteiger partial charge in [-0.1, -0.05) is 19.1 Å². The van der Waals surface area contributed by atoms with E-state index in [4.69, 9.17) is 4.74 Å². The van der Waals surface area contributed by atoms with Crippen LogP contribution in [-0.2, 0) is 19.6 Å². The lowest BCUT2D eigenvalue weighted by Crippen LogP contribution is -2.40.